The van der Waals surface area contributed by atoms with Crippen LogP contribution in [0.2, 0.25) is 5.02 Å². The molecule has 1 N–H and O–H groups in total. The van der Waals surface area contributed by atoms with E-state index in [1.54, 1.807) is 18.3 Å². The molecular formula is C14H17ClFN3O. The molecule has 0 unspecified atom stereocenters. The maximum Gasteiger partial charge on any atom is 0.207 e. The van der Waals surface area contributed by atoms with Crippen molar-refractivity contribution in [1.29, 1.82) is 0 Å². The Hall–Kier alpha value is -1.59. The van der Waals surface area contributed by atoms with Gasteiger partial charge in [0.15, 0.2) is 5.82 Å². The van der Waals surface area contributed by atoms with Crippen LogP contribution in [0.25, 0.3) is 0 Å². The topological polar surface area (TPSA) is 39.1 Å². The summed E-state index contributed by atoms with van der Waals surface area (Å²) in [7, 11) is 0. The summed E-state index contributed by atoms with van der Waals surface area (Å²) in [5.41, 5.74) is 0.315. The number of halogens is 2. The number of nitrogens with zero attached hydrogens (tertiary/aromatic N) is 2. The van der Waals surface area contributed by atoms with E-state index in [9.17, 15) is 4.39 Å². The van der Waals surface area contributed by atoms with Crippen LogP contribution in [0.15, 0.2) is 30.6 Å². The number of nitrogens with one attached hydrogen (secondary N) is 1. The van der Waals surface area contributed by atoms with Gasteiger partial charge in [0.05, 0.1) is 10.7 Å². The molecule has 0 amide bonds. The first kappa shape index (κ1) is 14.8. The van der Waals surface area contributed by atoms with Crippen molar-refractivity contribution in [3.8, 4) is 0 Å². The molecule has 20 heavy (non-hydrogen) atoms. The van der Waals surface area contributed by atoms with Gasteiger partial charge in [-0.2, -0.15) is 0 Å². The highest BCUT2D eigenvalue weighted by molar-refractivity contribution is 6.31. The monoisotopic (exact) mass is 297 g/mol. The number of imidazole rings is 1. The minimum atomic E-state index is -0.474. The van der Waals surface area contributed by atoms with Crippen molar-refractivity contribution in [2.75, 3.05) is 18.5 Å². The largest absolute Gasteiger partial charge is 0.382 e. The summed E-state index contributed by atoms with van der Waals surface area (Å²) in [5, 5.41) is 3.04. The van der Waals surface area contributed by atoms with Crippen LogP contribution in [0, 0.1) is 5.82 Å². The van der Waals surface area contributed by atoms with Crippen molar-refractivity contribution >= 4 is 23.2 Å². The average molecular weight is 298 g/mol. The molecule has 108 valence electrons. The molecule has 0 bridgehead atoms. The SMILES string of the molecule is CCOCCCn1ccnc1Nc1cccc(Cl)c1F. The van der Waals surface area contributed by atoms with Crippen molar-refractivity contribution in [1.82, 2.24) is 9.55 Å². The van der Waals surface area contributed by atoms with E-state index in [1.165, 1.54) is 6.07 Å². The zero-order valence-corrected chi connectivity index (χ0v) is 12.0. The standard InChI is InChI=1S/C14H17ClFN3O/c1-2-20-10-4-8-19-9-7-17-14(19)18-12-6-3-5-11(15)13(12)16/h3,5-7,9H,2,4,8,10H2,1H3,(H,17,18). The van der Waals surface area contributed by atoms with E-state index in [4.69, 9.17) is 16.3 Å². The van der Waals surface area contributed by atoms with Gasteiger partial charge < -0.3 is 14.6 Å². The quantitative estimate of drug-likeness (QED) is 0.789. The van der Waals surface area contributed by atoms with Crippen LogP contribution in [0.1, 0.15) is 13.3 Å². The van der Waals surface area contributed by atoms with Crippen LogP contribution in [0.5, 0.6) is 0 Å². The third-order valence-corrected chi connectivity index (χ3v) is 3.10. The number of aryl methyl sites for hydroxylation is 1. The van der Waals surface area contributed by atoms with Gasteiger partial charge in [0.25, 0.3) is 0 Å². The molecule has 0 aliphatic carbocycles. The third kappa shape index (κ3) is 3.71. The Bertz CT molecular complexity index is 559. The van der Waals surface area contributed by atoms with E-state index in [0.717, 1.165) is 13.0 Å². The molecule has 0 spiro atoms. The molecule has 0 atom stereocenters. The van der Waals surface area contributed by atoms with Gasteiger partial charge in [-0.05, 0) is 25.5 Å². The molecule has 0 saturated heterocycles. The van der Waals surface area contributed by atoms with Crippen molar-refractivity contribution < 1.29 is 9.13 Å². The highest BCUT2D eigenvalue weighted by Crippen LogP contribution is 2.24. The Morgan fingerprint density at radius 3 is 3.10 bits per heavy atom. The lowest BCUT2D eigenvalue weighted by Gasteiger charge is -2.11. The molecule has 0 fully saturated rings. The van der Waals surface area contributed by atoms with Crippen LogP contribution in [-0.4, -0.2) is 22.8 Å². The van der Waals surface area contributed by atoms with Gasteiger partial charge in [0, 0.05) is 32.2 Å². The second-order valence-corrected chi connectivity index (χ2v) is 4.63. The molecule has 4 nitrogen and oxygen atoms in total. The first-order chi connectivity index (χ1) is 9.72. The Labute approximate surface area is 122 Å². The van der Waals surface area contributed by atoms with Crippen LogP contribution in [-0.2, 0) is 11.3 Å². The van der Waals surface area contributed by atoms with Crippen LogP contribution in [0.3, 0.4) is 0 Å². The molecule has 0 saturated carbocycles. The van der Waals surface area contributed by atoms with E-state index >= 15 is 0 Å². The number of aromatic nitrogens is 2. The molecule has 1 heterocycles. The maximum absolute atomic E-state index is 13.8. The number of hydrogen-bond donors (Lipinski definition) is 1. The van der Waals surface area contributed by atoms with Crippen LogP contribution >= 0.6 is 11.6 Å². The van der Waals surface area contributed by atoms with Crippen molar-refractivity contribution in [2.45, 2.75) is 19.9 Å². The molecular weight excluding hydrogens is 281 g/mol. The van der Waals surface area contributed by atoms with Gasteiger partial charge in [0.1, 0.15) is 0 Å². The molecule has 0 radical (unpaired) electrons. The number of anilines is 2. The highest BCUT2D eigenvalue weighted by atomic mass is 35.5. The first-order valence-electron chi connectivity index (χ1n) is 6.52. The van der Waals surface area contributed by atoms with Crippen molar-refractivity contribution in [3.05, 3.63) is 41.4 Å². The summed E-state index contributed by atoms with van der Waals surface area (Å²) in [5.74, 6) is 0.112. The fourth-order valence-corrected chi connectivity index (χ4v) is 1.99. The van der Waals surface area contributed by atoms with Crippen molar-refractivity contribution in [2.24, 2.45) is 0 Å². The van der Waals surface area contributed by atoms with Gasteiger partial charge in [-0.3, -0.25) is 0 Å². The molecule has 6 heteroatoms. The summed E-state index contributed by atoms with van der Waals surface area (Å²) in [6.07, 6.45) is 4.39. The Morgan fingerprint density at radius 1 is 1.45 bits per heavy atom. The summed E-state index contributed by atoms with van der Waals surface area (Å²) in [4.78, 5) is 4.18. The minimum Gasteiger partial charge on any atom is -0.382 e. The number of hydrogen-bond acceptors (Lipinski definition) is 3. The van der Waals surface area contributed by atoms with E-state index in [0.29, 0.717) is 24.8 Å². The fourth-order valence-electron chi connectivity index (χ4n) is 1.82. The number of benzene rings is 1. The fraction of sp³-hybridized carbons (Fsp3) is 0.357. The lowest BCUT2D eigenvalue weighted by molar-refractivity contribution is 0.142. The zero-order valence-electron chi connectivity index (χ0n) is 11.3. The smallest absolute Gasteiger partial charge is 0.207 e. The third-order valence-electron chi connectivity index (χ3n) is 2.81. The summed E-state index contributed by atoms with van der Waals surface area (Å²) >= 11 is 5.75. The summed E-state index contributed by atoms with van der Waals surface area (Å²) < 4.78 is 21.0. The molecule has 2 rings (SSSR count). The second kappa shape index (κ2) is 7.26. The Morgan fingerprint density at radius 2 is 2.30 bits per heavy atom. The predicted octanol–water partition coefficient (Wildman–Crippen LogP) is 3.85. The molecule has 2 aromatic rings. The number of ether oxygens (including phenoxy) is 1. The van der Waals surface area contributed by atoms with Gasteiger partial charge >= 0.3 is 0 Å². The zero-order chi connectivity index (χ0) is 14.4. The summed E-state index contributed by atoms with van der Waals surface area (Å²) in [6, 6.07) is 4.83. The Kier molecular flexibility index (Phi) is 5.38. The minimum absolute atomic E-state index is 0.0875. The molecule has 1 aromatic heterocycles. The average Bonchev–Trinajstić information content (AvgIpc) is 2.87. The van der Waals surface area contributed by atoms with E-state index < -0.39 is 5.82 Å². The maximum atomic E-state index is 13.8. The van der Waals surface area contributed by atoms with Crippen LogP contribution < -0.4 is 5.32 Å². The van der Waals surface area contributed by atoms with Gasteiger partial charge in [0.2, 0.25) is 5.95 Å². The predicted molar refractivity (Wildman–Crippen MR) is 78.0 cm³/mol. The molecule has 0 aliphatic heterocycles. The van der Waals surface area contributed by atoms with Gasteiger partial charge in [-0.25, -0.2) is 9.37 Å². The van der Waals surface area contributed by atoms with Gasteiger partial charge in [-0.15, -0.1) is 0 Å². The lowest BCUT2D eigenvalue weighted by atomic mass is 10.3. The lowest BCUT2D eigenvalue weighted by Crippen LogP contribution is -2.06. The highest BCUT2D eigenvalue weighted by Gasteiger charge is 2.09. The molecule has 0 aliphatic rings. The van der Waals surface area contributed by atoms with Crippen molar-refractivity contribution in [3.63, 3.8) is 0 Å². The summed E-state index contributed by atoms with van der Waals surface area (Å²) in [6.45, 7) is 4.12. The second-order valence-electron chi connectivity index (χ2n) is 4.22. The molecule has 1 aromatic carbocycles. The normalized spacial score (nSPS) is 10.8. The first-order valence-corrected chi connectivity index (χ1v) is 6.90. The van der Waals surface area contributed by atoms with Gasteiger partial charge in [-0.1, -0.05) is 17.7 Å². The number of rotatable bonds is 7. The Balaban J connectivity index is 2.03. The van der Waals surface area contributed by atoms with E-state index in [1.807, 2.05) is 17.7 Å². The van der Waals surface area contributed by atoms with Crippen LogP contribution in [0.4, 0.5) is 16.0 Å². The van der Waals surface area contributed by atoms with E-state index in [2.05, 4.69) is 10.3 Å². The van der Waals surface area contributed by atoms with E-state index in [-0.39, 0.29) is 5.02 Å².